The van der Waals surface area contributed by atoms with Gasteiger partial charge in [-0.3, -0.25) is 4.90 Å². The Morgan fingerprint density at radius 1 is 1.12 bits per heavy atom. The van der Waals surface area contributed by atoms with E-state index >= 15 is 0 Å². The molecule has 17 heavy (non-hydrogen) atoms. The molecule has 2 fully saturated rings. The summed E-state index contributed by atoms with van der Waals surface area (Å²) < 4.78 is 0. The minimum Gasteiger partial charge on any atom is -0.314 e. The van der Waals surface area contributed by atoms with Gasteiger partial charge in [0.15, 0.2) is 0 Å². The van der Waals surface area contributed by atoms with Crippen LogP contribution in [0.1, 0.15) is 39.0 Å². The quantitative estimate of drug-likeness (QED) is 0.803. The molecule has 0 aromatic heterocycles. The topological polar surface area (TPSA) is 18.5 Å². The van der Waals surface area contributed by atoms with Crippen LogP contribution in [0.25, 0.3) is 0 Å². The molecular weight excluding hydrogens is 210 g/mol. The lowest BCUT2D eigenvalue weighted by molar-refractivity contribution is 0.202. The van der Waals surface area contributed by atoms with E-state index in [1.807, 2.05) is 0 Å². The van der Waals surface area contributed by atoms with Gasteiger partial charge in [-0.05, 0) is 58.8 Å². The summed E-state index contributed by atoms with van der Waals surface area (Å²) in [7, 11) is 2.25. The zero-order chi connectivity index (χ0) is 12.1. The minimum absolute atomic E-state index is 0.793. The van der Waals surface area contributed by atoms with E-state index in [4.69, 9.17) is 0 Å². The molecule has 3 nitrogen and oxygen atoms in total. The molecule has 2 aliphatic rings. The number of nitrogens with zero attached hydrogens (tertiary/aromatic N) is 2. The van der Waals surface area contributed by atoms with Gasteiger partial charge < -0.3 is 10.2 Å². The molecule has 1 aliphatic carbocycles. The highest BCUT2D eigenvalue weighted by Crippen LogP contribution is 2.25. The van der Waals surface area contributed by atoms with E-state index in [0.717, 1.165) is 12.1 Å². The summed E-state index contributed by atoms with van der Waals surface area (Å²) in [5.41, 5.74) is 0. The fourth-order valence-electron chi connectivity index (χ4n) is 3.25. The molecule has 1 aliphatic heterocycles. The molecule has 1 heterocycles. The predicted molar refractivity (Wildman–Crippen MR) is 73.4 cm³/mol. The normalized spacial score (nSPS) is 32.8. The van der Waals surface area contributed by atoms with E-state index in [1.165, 1.54) is 64.8 Å². The second-order valence-electron chi connectivity index (χ2n) is 5.81. The smallest absolute Gasteiger partial charge is 0.0112 e. The number of rotatable bonds is 4. The van der Waals surface area contributed by atoms with Crippen molar-refractivity contribution in [2.24, 2.45) is 0 Å². The van der Waals surface area contributed by atoms with E-state index in [9.17, 15) is 0 Å². The van der Waals surface area contributed by atoms with Crippen molar-refractivity contribution in [2.45, 2.75) is 51.1 Å². The maximum Gasteiger partial charge on any atom is 0.0112 e. The van der Waals surface area contributed by atoms with Gasteiger partial charge in [-0.25, -0.2) is 0 Å². The third-order valence-corrected chi connectivity index (χ3v) is 4.36. The molecule has 2 rings (SSSR count). The average molecular weight is 239 g/mol. The number of nitrogens with one attached hydrogen (secondary N) is 1. The Kier molecular flexibility index (Phi) is 5.26. The molecule has 0 aromatic carbocycles. The molecule has 0 aromatic rings. The van der Waals surface area contributed by atoms with Crippen molar-refractivity contribution in [3.05, 3.63) is 0 Å². The molecule has 0 radical (unpaired) electrons. The van der Waals surface area contributed by atoms with Gasteiger partial charge >= 0.3 is 0 Å². The average Bonchev–Trinajstić information content (AvgIpc) is 2.69. The molecular formula is C14H29N3. The van der Waals surface area contributed by atoms with Crippen LogP contribution in [0.4, 0.5) is 0 Å². The lowest BCUT2D eigenvalue weighted by Gasteiger charge is -2.27. The summed E-state index contributed by atoms with van der Waals surface area (Å²) in [6.45, 7) is 8.58. The highest BCUT2D eigenvalue weighted by molar-refractivity contribution is 4.87. The van der Waals surface area contributed by atoms with Crippen LogP contribution < -0.4 is 5.32 Å². The van der Waals surface area contributed by atoms with Crippen molar-refractivity contribution in [1.29, 1.82) is 0 Å². The lowest BCUT2D eigenvalue weighted by atomic mass is 10.2. The predicted octanol–water partition coefficient (Wildman–Crippen LogP) is 1.54. The first kappa shape index (κ1) is 13.3. The molecule has 1 N–H and O–H groups in total. The first-order valence-corrected chi connectivity index (χ1v) is 7.45. The van der Waals surface area contributed by atoms with Crippen molar-refractivity contribution >= 4 is 0 Å². The maximum atomic E-state index is 3.69. The Bertz CT molecular complexity index is 220. The van der Waals surface area contributed by atoms with E-state index in [-0.39, 0.29) is 0 Å². The molecule has 2 atom stereocenters. The maximum absolute atomic E-state index is 3.69. The van der Waals surface area contributed by atoms with Crippen LogP contribution in [0, 0.1) is 0 Å². The van der Waals surface area contributed by atoms with Crippen LogP contribution >= 0.6 is 0 Å². The van der Waals surface area contributed by atoms with Crippen molar-refractivity contribution in [2.75, 3.05) is 39.8 Å². The lowest BCUT2D eigenvalue weighted by Crippen LogP contribution is -2.38. The van der Waals surface area contributed by atoms with Gasteiger partial charge in [0.25, 0.3) is 0 Å². The van der Waals surface area contributed by atoms with Crippen LogP contribution in [0.5, 0.6) is 0 Å². The van der Waals surface area contributed by atoms with Gasteiger partial charge in [-0.15, -0.1) is 0 Å². The second-order valence-corrected chi connectivity index (χ2v) is 5.81. The highest BCUT2D eigenvalue weighted by atomic mass is 15.2. The molecule has 1 saturated carbocycles. The van der Waals surface area contributed by atoms with E-state index in [1.54, 1.807) is 0 Å². The Morgan fingerprint density at radius 3 is 2.82 bits per heavy atom. The third-order valence-electron chi connectivity index (χ3n) is 4.36. The fourth-order valence-corrected chi connectivity index (χ4v) is 3.25. The van der Waals surface area contributed by atoms with Gasteiger partial charge in [-0.1, -0.05) is 6.92 Å². The monoisotopic (exact) mass is 239 g/mol. The van der Waals surface area contributed by atoms with E-state index in [0.29, 0.717) is 0 Å². The number of hydrogen-bond acceptors (Lipinski definition) is 3. The van der Waals surface area contributed by atoms with Crippen LogP contribution in [0.15, 0.2) is 0 Å². The Balaban J connectivity index is 1.75. The first-order valence-electron chi connectivity index (χ1n) is 7.45. The Morgan fingerprint density at radius 2 is 2.00 bits per heavy atom. The van der Waals surface area contributed by atoms with Crippen LogP contribution in [-0.2, 0) is 0 Å². The summed E-state index contributed by atoms with van der Waals surface area (Å²) in [5.74, 6) is 0. The van der Waals surface area contributed by atoms with Gasteiger partial charge in [0.1, 0.15) is 0 Å². The number of hydrogen-bond donors (Lipinski definition) is 1. The van der Waals surface area contributed by atoms with Crippen molar-refractivity contribution in [3.63, 3.8) is 0 Å². The number of likely N-dealkylation sites (N-methyl/N-ethyl adjacent to an activating group) is 1. The Labute approximate surface area is 107 Å². The SMILES string of the molecule is CCCNC1CCC(N2CCCN(C)CC2)C1. The van der Waals surface area contributed by atoms with Crippen molar-refractivity contribution in [1.82, 2.24) is 15.1 Å². The largest absolute Gasteiger partial charge is 0.314 e. The van der Waals surface area contributed by atoms with Crippen LogP contribution in [-0.4, -0.2) is 61.7 Å². The summed E-state index contributed by atoms with van der Waals surface area (Å²) in [4.78, 5) is 5.22. The summed E-state index contributed by atoms with van der Waals surface area (Å²) in [6, 6.07) is 1.65. The molecule has 2 unspecified atom stereocenters. The summed E-state index contributed by atoms with van der Waals surface area (Å²) >= 11 is 0. The van der Waals surface area contributed by atoms with Crippen LogP contribution in [0.3, 0.4) is 0 Å². The second kappa shape index (κ2) is 6.72. The molecule has 3 heteroatoms. The summed E-state index contributed by atoms with van der Waals surface area (Å²) in [6.07, 6.45) is 6.78. The van der Waals surface area contributed by atoms with Crippen molar-refractivity contribution in [3.8, 4) is 0 Å². The Hall–Kier alpha value is -0.120. The molecule has 0 bridgehead atoms. The van der Waals surface area contributed by atoms with E-state index < -0.39 is 0 Å². The summed E-state index contributed by atoms with van der Waals surface area (Å²) in [5, 5.41) is 3.69. The van der Waals surface area contributed by atoms with Crippen molar-refractivity contribution < 1.29 is 0 Å². The van der Waals surface area contributed by atoms with Crippen LogP contribution in [0.2, 0.25) is 0 Å². The standard InChI is InChI=1S/C14H29N3/c1-3-7-15-13-5-6-14(12-13)17-9-4-8-16(2)10-11-17/h13-15H,3-12H2,1-2H3. The van der Waals surface area contributed by atoms with Gasteiger partial charge in [0, 0.05) is 25.2 Å². The first-order chi connectivity index (χ1) is 8.29. The molecule has 100 valence electrons. The fraction of sp³-hybridized carbons (Fsp3) is 1.00. The van der Waals surface area contributed by atoms with Gasteiger partial charge in [0.2, 0.25) is 0 Å². The highest BCUT2D eigenvalue weighted by Gasteiger charge is 2.29. The molecule has 1 saturated heterocycles. The third kappa shape index (κ3) is 3.94. The minimum atomic E-state index is 0.793. The van der Waals surface area contributed by atoms with Gasteiger partial charge in [-0.2, -0.15) is 0 Å². The molecule has 0 spiro atoms. The van der Waals surface area contributed by atoms with Gasteiger partial charge in [0.05, 0.1) is 0 Å². The zero-order valence-corrected chi connectivity index (χ0v) is 11.6. The molecule has 0 amide bonds. The van der Waals surface area contributed by atoms with E-state index in [2.05, 4.69) is 29.1 Å². The zero-order valence-electron chi connectivity index (χ0n) is 11.6.